The lowest BCUT2D eigenvalue weighted by molar-refractivity contribution is -0.402. The van der Waals surface area contributed by atoms with E-state index >= 15 is 0 Å². The first kappa shape index (κ1) is 14.0. The van der Waals surface area contributed by atoms with Crippen molar-refractivity contribution >= 4 is 11.9 Å². The minimum atomic E-state index is -4.03. The fraction of sp³-hybridized carbons (Fsp3) is 0.444. The third-order valence-electron chi connectivity index (χ3n) is 2.04. The summed E-state index contributed by atoms with van der Waals surface area (Å²) in [6, 6.07) is -0.364. The van der Waals surface area contributed by atoms with Crippen molar-refractivity contribution in [2.45, 2.75) is 18.9 Å². The molecule has 1 rings (SSSR count). The van der Waals surface area contributed by atoms with E-state index in [-0.39, 0.29) is 6.61 Å². The first-order chi connectivity index (χ1) is 8.30. The molecule has 0 amide bonds. The zero-order chi connectivity index (χ0) is 13.9. The summed E-state index contributed by atoms with van der Waals surface area (Å²) in [5, 5.41) is 10.3. The molecular weight excluding hydrogens is 254 g/mol. The van der Waals surface area contributed by atoms with E-state index in [1.54, 1.807) is 0 Å². The van der Waals surface area contributed by atoms with Gasteiger partial charge < -0.3 is 14.9 Å². The molecule has 100 valence electrons. The Labute approximate surface area is 99.6 Å². The van der Waals surface area contributed by atoms with Crippen LogP contribution in [0.25, 0.3) is 0 Å². The summed E-state index contributed by atoms with van der Waals surface area (Å²) in [5.41, 5.74) is 5.15. The molecule has 0 aromatic carbocycles. The van der Waals surface area contributed by atoms with Gasteiger partial charge >= 0.3 is 17.8 Å². The van der Waals surface area contributed by atoms with Crippen molar-refractivity contribution in [2.75, 3.05) is 6.61 Å². The van der Waals surface area contributed by atoms with Gasteiger partial charge in [0.2, 0.25) is 0 Å². The van der Waals surface area contributed by atoms with E-state index in [1.807, 2.05) is 0 Å². The Balaban J connectivity index is 2.94. The molecule has 1 heterocycles. The molecule has 0 fully saturated rings. The van der Waals surface area contributed by atoms with Crippen molar-refractivity contribution in [3.63, 3.8) is 0 Å². The highest BCUT2D eigenvalue weighted by molar-refractivity contribution is 5.78. The molecular formula is C9H10F2N2O5. The van der Waals surface area contributed by atoms with Crippen LogP contribution in [0.1, 0.15) is 18.7 Å². The zero-order valence-electron chi connectivity index (χ0n) is 9.26. The number of esters is 1. The number of carbonyl (C=O) groups is 1. The van der Waals surface area contributed by atoms with E-state index in [9.17, 15) is 23.7 Å². The van der Waals surface area contributed by atoms with Crippen molar-refractivity contribution in [2.24, 2.45) is 5.73 Å². The first-order valence-corrected chi connectivity index (χ1v) is 4.85. The van der Waals surface area contributed by atoms with E-state index in [2.05, 4.69) is 9.15 Å². The Bertz CT molecular complexity index is 460. The van der Waals surface area contributed by atoms with E-state index in [4.69, 9.17) is 5.73 Å². The number of hydrogen-bond acceptors (Lipinski definition) is 6. The molecule has 0 unspecified atom stereocenters. The van der Waals surface area contributed by atoms with Gasteiger partial charge in [-0.3, -0.25) is 10.1 Å². The van der Waals surface area contributed by atoms with Gasteiger partial charge in [-0.25, -0.2) is 4.79 Å². The van der Waals surface area contributed by atoms with Gasteiger partial charge in [-0.05, 0) is 13.0 Å². The average molecular weight is 264 g/mol. The number of alkyl halides is 2. The molecule has 0 aliphatic rings. The van der Waals surface area contributed by atoms with E-state index in [0.717, 1.165) is 12.1 Å². The number of ether oxygens (including phenoxy) is 1. The second kappa shape index (κ2) is 5.08. The summed E-state index contributed by atoms with van der Waals surface area (Å²) >= 11 is 0. The molecule has 0 aliphatic heterocycles. The number of furan rings is 1. The number of rotatable bonds is 5. The topological polar surface area (TPSA) is 109 Å². The number of carbonyl (C=O) groups excluding carboxylic acids is 1. The van der Waals surface area contributed by atoms with Gasteiger partial charge in [-0.15, -0.1) is 0 Å². The molecule has 0 saturated heterocycles. The Kier molecular flexibility index (Phi) is 3.96. The highest BCUT2D eigenvalue weighted by Gasteiger charge is 2.49. The molecule has 7 nitrogen and oxygen atoms in total. The van der Waals surface area contributed by atoms with E-state index < -0.39 is 34.5 Å². The Morgan fingerprint density at radius 3 is 2.72 bits per heavy atom. The lowest BCUT2D eigenvalue weighted by Gasteiger charge is -2.19. The summed E-state index contributed by atoms with van der Waals surface area (Å²) in [4.78, 5) is 20.4. The zero-order valence-corrected chi connectivity index (χ0v) is 9.26. The summed E-state index contributed by atoms with van der Waals surface area (Å²) in [6.45, 7) is 1.12. The number of hydrogen-bond donors (Lipinski definition) is 1. The second-order valence-corrected chi connectivity index (χ2v) is 3.25. The molecule has 1 aromatic heterocycles. The lowest BCUT2D eigenvalue weighted by atomic mass is 10.1. The van der Waals surface area contributed by atoms with Gasteiger partial charge in [0.05, 0.1) is 12.7 Å². The van der Waals surface area contributed by atoms with Crippen molar-refractivity contribution in [3.8, 4) is 0 Å². The molecule has 0 spiro atoms. The quantitative estimate of drug-likeness (QED) is 0.489. The lowest BCUT2D eigenvalue weighted by Crippen LogP contribution is -2.41. The van der Waals surface area contributed by atoms with Gasteiger partial charge in [0.1, 0.15) is 16.7 Å². The average Bonchev–Trinajstić information content (AvgIpc) is 2.77. The van der Waals surface area contributed by atoms with Crippen molar-refractivity contribution < 1.29 is 27.7 Å². The largest absolute Gasteiger partial charge is 0.462 e. The SMILES string of the molecule is CCOC(=O)C(F)(F)[C@H](N)c1ccc([N+](=O)[O-])o1. The van der Waals surface area contributed by atoms with Crippen LogP contribution in [0, 0.1) is 10.1 Å². The Morgan fingerprint density at radius 2 is 2.28 bits per heavy atom. The fourth-order valence-corrected chi connectivity index (χ4v) is 1.14. The molecule has 0 aliphatic carbocycles. The van der Waals surface area contributed by atoms with E-state index in [1.165, 1.54) is 6.92 Å². The normalized spacial score (nSPS) is 13.1. The van der Waals surface area contributed by atoms with Crippen LogP contribution >= 0.6 is 0 Å². The van der Waals surface area contributed by atoms with Crippen molar-refractivity contribution in [1.82, 2.24) is 0 Å². The molecule has 0 saturated carbocycles. The van der Waals surface area contributed by atoms with Crippen LogP contribution in [-0.2, 0) is 9.53 Å². The number of halogens is 2. The highest BCUT2D eigenvalue weighted by Crippen LogP contribution is 2.32. The van der Waals surface area contributed by atoms with Gasteiger partial charge in [0, 0.05) is 0 Å². The standard InChI is InChI=1S/C9H10F2N2O5/c1-2-17-8(14)9(10,11)7(12)5-3-4-6(18-5)13(15)16/h3-4,7H,2,12H2,1H3/t7-/m1/s1. The number of nitrogens with zero attached hydrogens (tertiary/aromatic N) is 1. The van der Waals surface area contributed by atoms with Crippen LogP contribution in [0.2, 0.25) is 0 Å². The fourth-order valence-electron chi connectivity index (χ4n) is 1.14. The monoisotopic (exact) mass is 264 g/mol. The molecule has 0 radical (unpaired) electrons. The van der Waals surface area contributed by atoms with Crippen LogP contribution in [0.4, 0.5) is 14.7 Å². The van der Waals surface area contributed by atoms with Crippen LogP contribution in [0.3, 0.4) is 0 Å². The molecule has 18 heavy (non-hydrogen) atoms. The third kappa shape index (κ3) is 2.62. The number of nitrogens with two attached hydrogens (primary N) is 1. The minimum absolute atomic E-state index is 0.237. The summed E-state index contributed by atoms with van der Waals surface area (Å²) in [6.07, 6.45) is 0. The first-order valence-electron chi connectivity index (χ1n) is 4.85. The van der Waals surface area contributed by atoms with Crippen molar-refractivity contribution in [3.05, 3.63) is 28.0 Å². The van der Waals surface area contributed by atoms with Crippen LogP contribution < -0.4 is 5.73 Å². The van der Waals surface area contributed by atoms with E-state index in [0.29, 0.717) is 0 Å². The maximum absolute atomic E-state index is 13.5. The molecule has 9 heteroatoms. The van der Waals surface area contributed by atoms with Crippen molar-refractivity contribution in [1.29, 1.82) is 0 Å². The molecule has 0 bridgehead atoms. The van der Waals surface area contributed by atoms with Gasteiger partial charge in [0.15, 0.2) is 0 Å². The summed E-state index contributed by atoms with van der Waals surface area (Å²) in [7, 11) is 0. The predicted octanol–water partition coefficient (Wildman–Crippen LogP) is 1.39. The smallest absolute Gasteiger partial charge is 0.433 e. The second-order valence-electron chi connectivity index (χ2n) is 3.25. The Morgan fingerprint density at radius 1 is 1.67 bits per heavy atom. The van der Waals surface area contributed by atoms with Gasteiger partial charge in [-0.1, -0.05) is 0 Å². The molecule has 1 atom stereocenters. The molecule has 1 aromatic rings. The minimum Gasteiger partial charge on any atom is -0.462 e. The van der Waals surface area contributed by atoms with Crippen LogP contribution in [0.15, 0.2) is 16.5 Å². The summed E-state index contributed by atoms with van der Waals surface area (Å²) in [5.74, 6) is -7.14. The summed E-state index contributed by atoms with van der Waals surface area (Å²) < 4.78 is 35.6. The third-order valence-corrected chi connectivity index (χ3v) is 2.04. The number of nitro groups is 1. The predicted molar refractivity (Wildman–Crippen MR) is 53.9 cm³/mol. The van der Waals surface area contributed by atoms with Gasteiger partial charge in [-0.2, -0.15) is 8.78 Å². The Hall–Kier alpha value is -2.03. The van der Waals surface area contributed by atoms with Gasteiger partial charge in [0.25, 0.3) is 0 Å². The van der Waals surface area contributed by atoms with Crippen LogP contribution in [-0.4, -0.2) is 23.4 Å². The maximum atomic E-state index is 13.5. The maximum Gasteiger partial charge on any atom is 0.433 e. The molecule has 2 N–H and O–H groups in total. The highest BCUT2D eigenvalue weighted by atomic mass is 19.3. The van der Waals surface area contributed by atoms with Crippen LogP contribution in [0.5, 0.6) is 0 Å².